The maximum atomic E-state index is 6.73. The van der Waals surface area contributed by atoms with Gasteiger partial charge >= 0.3 is 0 Å². The minimum Gasteiger partial charge on any atom is -0.356 e. The van der Waals surface area contributed by atoms with Gasteiger partial charge in [0.1, 0.15) is 5.60 Å². The van der Waals surface area contributed by atoms with E-state index in [9.17, 15) is 0 Å². The number of hydrogen-bond acceptors (Lipinski definition) is 2. The van der Waals surface area contributed by atoms with Crippen molar-refractivity contribution < 1.29 is 4.74 Å². The van der Waals surface area contributed by atoms with E-state index in [4.69, 9.17) is 4.74 Å². The lowest BCUT2D eigenvalue weighted by atomic mass is 9.80. The van der Waals surface area contributed by atoms with Crippen LogP contribution in [0.25, 0.3) is 0 Å². The number of nitrogens with zero attached hydrogens (tertiary/aromatic N) is 1. The molecular weight excluding hydrogens is 330 g/mol. The Bertz CT molecular complexity index is 857. The van der Waals surface area contributed by atoms with E-state index in [1.807, 2.05) is 36.5 Å². The van der Waals surface area contributed by atoms with Crippen molar-refractivity contribution in [2.24, 2.45) is 0 Å². The van der Waals surface area contributed by atoms with Gasteiger partial charge in [-0.05, 0) is 28.3 Å². The second kappa shape index (κ2) is 7.98. The average Bonchev–Trinajstić information content (AvgIpc) is 2.77. The third kappa shape index (κ3) is 3.53. The number of aromatic nitrogens is 1. The van der Waals surface area contributed by atoms with E-state index in [0.717, 1.165) is 22.3 Å². The summed E-state index contributed by atoms with van der Waals surface area (Å²) in [6, 6.07) is 35.2. The van der Waals surface area contributed by atoms with Crippen molar-refractivity contribution in [1.82, 2.24) is 4.98 Å². The van der Waals surface area contributed by atoms with Gasteiger partial charge in [0.25, 0.3) is 0 Å². The van der Waals surface area contributed by atoms with Gasteiger partial charge in [0.05, 0.1) is 6.61 Å². The molecule has 0 aliphatic carbocycles. The molecule has 27 heavy (non-hydrogen) atoms. The summed E-state index contributed by atoms with van der Waals surface area (Å²) in [5, 5.41) is 0. The lowest BCUT2D eigenvalue weighted by Crippen LogP contribution is -2.32. The lowest BCUT2D eigenvalue weighted by molar-refractivity contribution is 0.000120. The lowest BCUT2D eigenvalue weighted by Gasteiger charge is -2.36. The minimum atomic E-state index is -0.695. The molecule has 0 fully saturated rings. The topological polar surface area (TPSA) is 22.1 Å². The highest BCUT2D eigenvalue weighted by molar-refractivity contribution is 5.47. The molecule has 1 heterocycles. The zero-order chi connectivity index (χ0) is 18.4. The Morgan fingerprint density at radius 1 is 0.593 bits per heavy atom. The highest BCUT2D eigenvalue weighted by atomic mass is 16.5. The molecule has 0 amide bonds. The first-order chi connectivity index (χ1) is 13.4. The molecule has 0 N–H and O–H groups in total. The SMILES string of the molecule is c1ccc(C(OCc2cccnc2)(c2ccccc2)c2ccccc2)cc1. The quantitative estimate of drug-likeness (QED) is 0.422. The normalized spacial score (nSPS) is 11.3. The van der Waals surface area contributed by atoms with E-state index in [2.05, 4.69) is 77.8 Å². The standard InChI is InChI=1S/C25H21NO/c1-4-12-22(13-5-1)25(23-14-6-2-7-15-23,24-16-8-3-9-17-24)27-20-21-11-10-18-26-19-21/h1-19H,20H2. The number of pyridine rings is 1. The second-order valence-corrected chi connectivity index (χ2v) is 6.43. The van der Waals surface area contributed by atoms with Crippen LogP contribution >= 0.6 is 0 Å². The predicted octanol–water partition coefficient (Wildman–Crippen LogP) is 5.59. The highest BCUT2D eigenvalue weighted by Gasteiger charge is 2.37. The van der Waals surface area contributed by atoms with Crippen LogP contribution < -0.4 is 0 Å². The molecule has 0 aliphatic rings. The smallest absolute Gasteiger partial charge is 0.144 e. The Kier molecular flexibility index (Phi) is 5.08. The molecule has 2 heteroatoms. The van der Waals surface area contributed by atoms with Gasteiger partial charge in [-0.25, -0.2) is 0 Å². The van der Waals surface area contributed by atoms with Crippen molar-refractivity contribution in [3.8, 4) is 0 Å². The summed E-state index contributed by atoms with van der Waals surface area (Å²) in [6.07, 6.45) is 3.63. The zero-order valence-corrected chi connectivity index (χ0v) is 15.0. The molecule has 0 bridgehead atoms. The fraction of sp³-hybridized carbons (Fsp3) is 0.0800. The molecule has 0 atom stereocenters. The number of hydrogen-bond donors (Lipinski definition) is 0. The van der Waals surface area contributed by atoms with E-state index < -0.39 is 5.60 Å². The number of ether oxygens (including phenoxy) is 1. The Hall–Kier alpha value is -3.23. The molecule has 0 saturated carbocycles. The summed E-state index contributed by atoms with van der Waals surface area (Å²) in [5.74, 6) is 0. The van der Waals surface area contributed by atoms with Crippen LogP contribution in [0.5, 0.6) is 0 Å². The van der Waals surface area contributed by atoms with Gasteiger partial charge in [0.15, 0.2) is 0 Å². The summed E-state index contributed by atoms with van der Waals surface area (Å²) in [6.45, 7) is 0.465. The molecule has 0 radical (unpaired) electrons. The van der Waals surface area contributed by atoms with Gasteiger partial charge in [0, 0.05) is 12.4 Å². The molecular formula is C25H21NO. The highest BCUT2D eigenvalue weighted by Crippen LogP contribution is 2.40. The molecule has 132 valence electrons. The van der Waals surface area contributed by atoms with Crippen molar-refractivity contribution >= 4 is 0 Å². The van der Waals surface area contributed by atoms with Crippen LogP contribution in [0.15, 0.2) is 116 Å². The van der Waals surface area contributed by atoms with Gasteiger partial charge in [-0.3, -0.25) is 4.98 Å². The molecule has 0 unspecified atom stereocenters. The Balaban J connectivity index is 1.89. The molecule has 4 aromatic rings. The fourth-order valence-corrected chi connectivity index (χ4v) is 3.44. The van der Waals surface area contributed by atoms with Crippen LogP contribution in [0.2, 0.25) is 0 Å². The monoisotopic (exact) mass is 351 g/mol. The first kappa shape index (κ1) is 17.2. The van der Waals surface area contributed by atoms with Crippen LogP contribution in [-0.4, -0.2) is 4.98 Å². The molecule has 3 aromatic carbocycles. The van der Waals surface area contributed by atoms with Crippen molar-refractivity contribution in [2.75, 3.05) is 0 Å². The van der Waals surface area contributed by atoms with Crippen LogP contribution in [-0.2, 0) is 16.9 Å². The van der Waals surface area contributed by atoms with Crippen LogP contribution in [0, 0.1) is 0 Å². The third-order valence-electron chi connectivity index (χ3n) is 4.72. The van der Waals surface area contributed by atoms with Crippen molar-refractivity contribution in [3.63, 3.8) is 0 Å². The van der Waals surface area contributed by atoms with E-state index in [-0.39, 0.29) is 0 Å². The first-order valence-corrected chi connectivity index (χ1v) is 9.09. The molecule has 2 nitrogen and oxygen atoms in total. The third-order valence-corrected chi connectivity index (χ3v) is 4.72. The maximum Gasteiger partial charge on any atom is 0.144 e. The predicted molar refractivity (Wildman–Crippen MR) is 108 cm³/mol. The number of benzene rings is 3. The fourth-order valence-electron chi connectivity index (χ4n) is 3.44. The summed E-state index contributed by atoms with van der Waals surface area (Å²) in [5.41, 5.74) is 3.66. The molecule has 0 saturated heterocycles. The van der Waals surface area contributed by atoms with Crippen LogP contribution in [0.1, 0.15) is 22.3 Å². The Morgan fingerprint density at radius 3 is 1.48 bits per heavy atom. The van der Waals surface area contributed by atoms with Crippen LogP contribution in [0.4, 0.5) is 0 Å². The molecule has 0 aliphatic heterocycles. The van der Waals surface area contributed by atoms with Crippen molar-refractivity contribution in [3.05, 3.63) is 138 Å². The second-order valence-electron chi connectivity index (χ2n) is 6.43. The van der Waals surface area contributed by atoms with E-state index in [0.29, 0.717) is 6.61 Å². The van der Waals surface area contributed by atoms with Gasteiger partial charge in [0.2, 0.25) is 0 Å². The zero-order valence-electron chi connectivity index (χ0n) is 15.0. The first-order valence-electron chi connectivity index (χ1n) is 9.09. The number of rotatable bonds is 6. The summed E-state index contributed by atoms with van der Waals surface area (Å²) >= 11 is 0. The Morgan fingerprint density at radius 2 is 1.07 bits per heavy atom. The molecule has 0 spiro atoms. The van der Waals surface area contributed by atoms with E-state index in [1.165, 1.54) is 0 Å². The summed E-state index contributed by atoms with van der Waals surface area (Å²) in [7, 11) is 0. The molecule has 1 aromatic heterocycles. The largest absolute Gasteiger partial charge is 0.356 e. The average molecular weight is 351 g/mol. The molecule has 4 rings (SSSR count). The summed E-state index contributed by atoms with van der Waals surface area (Å²) < 4.78 is 6.73. The van der Waals surface area contributed by atoms with Crippen molar-refractivity contribution in [1.29, 1.82) is 0 Å². The Labute approximate surface area is 160 Å². The summed E-state index contributed by atoms with van der Waals surface area (Å²) in [4.78, 5) is 4.22. The van der Waals surface area contributed by atoms with Gasteiger partial charge in [-0.1, -0.05) is 97.1 Å². The van der Waals surface area contributed by atoms with Gasteiger partial charge < -0.3 is 4.74 Å². The van der Waals surface area contributed by atoms with Gasteiger partial charge in [-0.2, -0.15) is 0 Å². The van der Waals surface area contributed by atoms with E-state index in [1.54, 1.807) is 6.20 Å². The minimum absolute atomic E-state index is 0.465. The maximum absolute atomic E-state index is 6.73. The van der Waals surface area contributed by atoms with Crippen LogP contribution in [0.3, 0.4) is 0 Å². The van der Waals surface area contributed by atoms with E-state index >= 15 is 0 Å². The van der Waals surface area contributed by atoms with Gasteiger partial charge in [-0.15, -0.1) is 0 Å². The van der Waals surface area contributed by atoms with Crippen molar-refractivity contribution in [2.45, 2.75) is 12.2 Å².